The second-order valence-electron chi connectivity index (χ2n) is 8.63. The fourth-order valence-corrected chi connectivity index (χ4v) is 4.47. The molecule has 0 saturated heterocycles. The molecule has 0 bridgehead atoms. The molecule has 1 saturated carbocycles. The Balaban J connectivity index is 1.58. The zero-order valence-electron chi connectivity index (χ0n) is 18.7. The number of amides is 1. The highest BCUT2D eigenvalue weighted by Crippen LogP contribution is 2.35. The molecule has 3 N–H and O–H groups in total. The van der Waals surface area contributed by atoms with Crippen LogP contribution in [0.2, 0.25) is 0 Å². The van der Waals surface area contributed by atoms with Crippen LogP contribution in [0.4, 0.5) is 19.1 Å². The van der Waals surface area contributed by atoms with Crippen molar-refractivity contribution in [2.24, 2.45) is 5.92 Å². The third-order valence-electron chi connectivity index (χ3n) is 6.27. The van der Waals surface area contributed by atoms with Crippen LogP contribution >= 0.6 is 0 Å². The van der Waals surface area contributed by atoms with Crippen molar-refractivity contribution in [1.82, 2.24) is 25.3 Å². The fourth-order valence-electron chi connectivity index (χ4n) is 4.47. The maximum absolute atomic E-state index is 13.2. The summed E-state index contributed by atoms with van der Waals surface area (Å²) < 4.78 is 39.6. The molecule has 11 heteroatoms. The zero-order valence-corrected chi connectivity index (χ0v) is 18.7. The van der Waals surface area contributed by atoms with Crippen LogP contribution < -0.4 is 10.6 Å². The van der Waals surface area contributed by atoms with Crippen molar-refractivity contribution in [3.63, 3.8) is 0 Å². The number of fused-ring (bicyclic) bond motifs is 1. The molecule has 0 spiro atoms. The molecule has 0 aliphatic heterocycles. The van der Waals surface area contributed by atoms with Crippen LogP contribution in [0, 0.1) is 17.2 Å². The van der Waals surface area contributed by atoms with Crippen LogP contribution in [-0.2, 0) is 11.0 Å². The minimum Gasteiger partial charge on any atom is -0.354 e. The SMILES string of the molecule is CC(=O)NC1CCC(C(C)Nc2ncc(C#N)c(-c3c[nH]c4ncc(C(F)(F)F)cc34)n2)CC1. The van der Waals surface area contributed by atoms with Gasteiger partial charge in [-0.15, -0.1) is 0 Å². The number of hydrogen-bond acceptors (Lipinski definition) is 6. The van der Waals surface area contributed by atoms with E-state index in [0.29, 0.717) is 17.4 Å². The lowest BCUT2D eigenvalue weighted by molar-refractivity contribution is -0.137. The summed E-state index contributed by atoms with van der Waals surface area (Å²) in [6.07, 6.45) is 2.72. The molecule has 3 heterocycles. The predicted octanol–water partition coefficient (Wildman–Crippen LogP) is 4.41. The van der Waals surface area contributed by atoms with E-state index in [9.17, 15) is 23.2 Å². The molecule has 1 unspecified atom stereocenters. The molecule has 0 aromatic carbocycles. The summed E-state index contributed by atoms with van der Waals surface area (Å²) in [5, 5.41) is 16.0. The number of alkyl halides is 3. The van der Waals surface area contributed by atoms with Crippen LogP contribution in [0.15, 0.2) is 24.7 Å². The third-order valence-corrected chi connectivity index (χ3v) is 6.27. The molecule has 8 nitrogen and oxygen atoms in total. The number of carbonyl (C=O) groups excluding carboxylic acids is 1. The average Bonchev–Trinajstić information content (AvgIpc) is 3.21. The normalized spacial score (nSPS) is 19.4. The highest BCUT2D eigenvalue weighted by molar-refractivity contribution is 5.94. The number of pyridine rings is 1. The predicted molar refractivity (Wildman–Crippen MR) is 119 cm³/mol. The Morgan fingerprint density at radius 3 is 2.62 bits per heavy atom. The molecular formula is C23H24F3N7O. The summed E-state index contributed by atoms with van der Waals surface area (Å²) in [7, 11) is 0. The van der Waals surface area contributed by atoms with Crippen LogP contribution in [0.25, 0.3) is 22.3 Å². The van der Waals surface area contributed by atoms with Gasteiger partial charge >= 0.3 is 6.18 Å². The topological polar surface area (TPSA) is 119 Å². The van der Waals surface area contributed by atoms with Crippen LogP contribution in [0.3, 0.4) is 0 Å². The molecule has 1 atom stereocenters. The monoisotopic (exact) mass is 471 g/mol. The van der Waals surface area contributed by atoms with Gasteiger partial charge in [-0.05, 0) is 44.6 Å². The van der Waals surface area contributed by atoms with Gasteiger partial charge in [-0.1, -0.05) is 0 Å². The quantitative estimate of drug-likeness (QED) is 0.507. The number of nitrogens with zero attached hydrogens (tertiary/aromatic N) is 4. The van der Waals surface area contributed by atoms with Crippen molar-refractivity contribution in [3.8, 4) is 17.3 Å². The first-order valence-corrected chi connectivity index (χ1v) is 11.0. The maximum Gasteiger partial charge on any atom is 0.417 e. The highest BCUT2D eigenvalue weighted by atomic mass is 19.4. The van der Waals surface area contributed by atoms with Crippen molar-refractivity contribution in [3.05, 3.63) is 35.8 Å². The second-order valence-corrected chi connectivity index (χ2v) is 8.63. The van der Waals surface area contributed by atoms with E-state index in [-0.39, 0.29) is 40.3 Å². The van der Waals surface area contributed by atoms with Crippen molar-refractivity contribution < 1.29 is 18.0 Å². The second kappa shape index (κ2) is 9.29. The van der Waals surface area contributed by atoms with E-state index in [4.69, 9.17) is 0 Å². The van der Waals surface area contributed by atoms with Gasteiger partial charge < -0.3 is 15.6 Å². The molecule has 178 valence electrons. The van der Waals surface area contributed by atoms with Gasteiger partial charge in [-0.2, -0.15) is 18.4 Å². The number of nitriles is 1. The van der Waals surface area contributed by atoms with E-state index in [1.165, 1.54) is 19.3 Å². The Labute approximate surface area is 194 Å². The van der Waals surface area contributed by atoms with Crippen molar-refractivity contribution in [2.45, 2.75) is 57.8 Å². The third kappa shape index (κ3) is 4.95. The van der Waals surface area contributed by atoms with Crippen molar-refractivity contribution >= 4 is 22.9 Å². The molecule has 0 radical (unpaired) electrons. The van der Waals surface area contributed by atoms with Gasteiger partial charge in [-0.3, -0.25) is 4.79 Å². The first kappa shape index (κ1) is 23.5. The largest absolute Gasteiger partial charge is 0.417 e. The number of anilines is 1. The summed E-state index contributed by atoms with van der Waals surface area (Å²) in [5.74, 6) is 0.613. The molecule has 3 aromatic heterocycles. The molecule has 34 heavy (non-hydrogen) atoms. The Morgan fingerprint density at radius 2 is 1.97 bits per heavy atom. The number of nitrogens with one attached hydrogen (secondary N) is 3. The molecule has 1 aliphatic carbocycles. The van der Waals surface area contributed by atoms with Crippen LogP contribution in [-0.4, -0.2) is 37.9 Å². The van der Waals surface area contributed by atoms with Crippen molar-refractivity contribution in [2.75, 3.05) is 5.32 Å². The first-order valence-electron chi connectivity index (χ1n) is 11.0. The van der Waals surface area contributed by atoms with Crippen molar-refractivity contribution in [1.29, 1.82) is 5.26 Å². The Kier molecular flexibility index (Phi) is 6.41. The number of rotatable bonds is 5. The first-order chi connectivity index (χ1) is 16.2. The Bertz CT molecular complexity index is 1240. The van der Waals surface area contributed by atoms with E-state index in [1.54, 1.807) is 0 Å². The standard InChI is InChI=1S/C23H24F3N7O/c1-12(14-3-5-17(6-4-14)32-13(2)34)31-22-30-9-15(8-27)20(33-22)19-11-29-21-18(19)7-16(10-28-21)23(24,25)26/h7,9-12,14,17H,3-6H2,1-2H3,(H,28,29)(H,32,34)(H,30,31,33). The van der Waals surface area contributed by atoms with Gasteiger partial charge in [0.05, 0.1) is 23.0 Å². The van der Waals surface area contributed by atoms with Gasteiger partial charge in [0.25, 0.3) is 0 Å². The van der Waals surface area contributed by atoms with Gasteiger partial charge in [0, 0.05) is 42.4 Å². The zero-order chi connectivity index (χ0) is 24.5. The van der Waals surface area contributed by atoms with Gasteiger partial charge in [-0.25, -0.2) is 15.0 Å². The van der Waals surface area contributed by atoms with Gasteiger partial charge in [0.1, 0.15) is 11.7 Å². The number of hydrogen-bond donors (Lipinski definition) is 3. The maximum atomic E-state index is 13.2. The number of H-pyrrole nitrogens is 1. The summed E-state index contributed by atoms with van der Waals surface area (Å²) in [6.45, 7) is 3.54. The molecule has 4 rings (SSSR count). The molecular weight excluding hydrogens is 447 g/mol. The highest BCUT2D eigenvalue weighted by Gasteiger charge is 2.32. The number of aromatic amines is 1. The lowest BCUT2D eigenvalue weighted by Gasteiger charge is -2.32. The number of aromatic nitrogens is 4. The molecule has 1 aliphatic rings. The summed E-state index contributed by atoms with van der Waals surface area (Å²) in [5.41, 5.74) is 0.111. The summed E-state index contributed by atoms with van der Waals surface area (Å²) in [4.78, 5) is 26.7. The number of halogens is 3. The Hall–Kier alpha value is -3.68. The summed E-state index contributed by atoms with van der Waals surface area (Å²) in [6, 6.07) is 3.23. The van der Waals surface area contributed by atoms with E-state index >= 15 is 0 Å². The van der Waals surface area contributed by atoms with Crippen LogP contribution in [0.1, 0.15) is 50.7 Å². The lowest BCUT2D eigenvalue weighted by atomic mass is 9.82. The molecule has 1 amide bonds. The minimum atomic E-state index is -4.54. The van der Waals surface area contributed by atoms with E-state index in [0.717, 1.165) is 37.9 Å². The molecule has 3 aromatic rings. The van der Waals surface area contributed by atoms with Gasteiger partial charge in [0.2, 0.25) is 11.9 Å². The van der Waals surface area contributed by atoms with Gasteiger partial charge in [0.15, 0.2) is 0 Å². The van der Waals surface area contributed by atoms with Crippen LogP contribution in [0.5, 0.6) is 0 Å². The molecule has 1 fully saturated rings. The fraction of sp³-hybridized carbons (Fsp3) is 0.435. The van der Waals surface area contributed by atoms with E-state index < -0.39 is 11.7 Å². The average molecular weight is 471 g/mol. The summed E-state index contributed by atoms with van der Waals surface area (Å²) >= 11 is 0. The van der Waals surface area contributed by atoms with E-state index in [2.05, 4.69) is 30.6 Å². The van der Waals surface area contributed by atoms with E-state index in [1.807, 2.05) is 13.0 Å². The lowest BCUT2D eigenvalue weighted by Crippen LogP contribution is -2.39. The minimum absolute atomic E-state index is 0.0250. The Morgan fingerprint density at radius 1 is 1.24 bits per heavy atom. The number of carbonyl (C=O) groups is 1. The smallest absolute Gasteiger partial charge is 0.354 e.